The lowest BCUT2D eigenvalue weighted by atomic mass is 10.1. The highest BCUT2D eigenvalue weighted by atomic mass is 35.5. The summed E-state index contributed by atoms with van der Waals surface area (Å²) in [6.45, 7) is 5.38. The third-order valence-corrected chi connectivity index (χ3v) is 2.03. The van der Waals surface area contributed by atoms with Crippen molar-refractivity contribution in [3.05, 3.63) is 6.20 Å². The highest BCUT2D eigenvalue weighted by molar-refractivity contribution is 5.85. The second-order valence-electron chi connectivity index (χ2n) is 3.84. The number of aromatic nitrogens is 2. The van der Waals surface area contributed by atoms with Crippen LogP contribution >= 0.6 is 12.4 Å². The van der Waals surface area contributed by atoms with E-state index >= 15 is 0 Å². The molecule has 4 nitrogen and oxygen atoms in total. The zero-order valence-corrected chi connectivity index (χ0v) is 10.6. The quantitative estimate of drug-likeness (QED) is 0.849. The first-order valence-electron chi connectivity index (χ1n) is 4.95. The molecular formula is C10H20ClN3O. The summed E-state index contributed by atoms with van der Waals surface area (Å²) in [6, 6.07) is 0. The third-order valence-electron chi connectivity index (χ3n) is 2.03. The van der Waals surface area contributed by atoms with Crippen LogP contribution in [-0.2, 0) is 7.05 Å². The lowest BCUT2D eigenvalue weighted by molar-refractivity contribution is 0.393. The van der Waals surface area contributed by atoms with E-state index in [2.05, 4.69) is 24.3 Å². The molecule has 1 aromatic rings. The maximum atomic E-state index is 5.13. The molecule has 88 valence electrons. The average molecular weight is 234 g/mol. The summed E-state index contributed by atoms with van der Waals surface area (Å²) in [6.07, 6.45) is 3.08. The molecule has 0 saturated heterocycles. The molecule has 0 aromatic carbocycles. The van der Waals surface area contributed by atoms with Crippen molar-refractivity contribution in [2.45, 2.75) is 20.3 Å². The van der Waals surface area contributed by atoms with Gasteiger partial charge in [-0.1, -0.05) is 13.8 Å². The van der Waals surface area contributed by atoms with Crippen LogP contribution in [0, 0.1) is 5.92 Å². The summed E-state index contributed by atoms with van der Waals surface area (Å²) in [4.78, 5) is 0. The standard InChI is InChI=1S/C10H19N3O.ClH/c1-8(2)5-6-11-9-7-13(3)12-10(9)14-4;/h7-8,11H,5-6H2,1-4H3;1H. The van der Waals surface area contributed by atoms with E-state index in [0.717, 1.165) is 18.7 Å². The number of anilines is 1. The van der Waals surface area contributed by atoms with Crippen LogP contribution in [0.1, 0.15) is 20.3 Å². The summed E-state index contributed by atoms with van der Waals surface area (Å²) in [5.41, 5.74) is 0.968. The summed E-state index contributed by atoms with van der Waals surface area (Å²) in [5.74, 6) is 1.38. The molecule has 1 heterocycles. The molecule has 0 aliphatic rings. The van der Waals surface area contributed by atoms with Gasteiger partial charge in [0.2, 0.25) is 0 Å². The van der Waals surface area contributed by atoms with Crippen LogP contribution in [0.3, 0.4) is 0 Å². The summed E-state index contributed by atoms with van der Waals surface area (Å²) in [5, 5.41) is 7.47. The third kappa shape index (κ3) is 4.42. The molecule has 0 spiro atoms. The zero-order chi connectivity index (χ0) is 10.6. The van der Waals surface area contributed by atoms with E-state index < -0.39 is 0 Å². The Labute approximate surface area is 97.4 Å². The first-order chi connectivity index (χ1) is 6.63. The second kappa shape index (κ2) is 6.56. The topological polar surface area (TPSA) is 39.1 Å². The van der Waals surface area contributed by atoms with Crippen LogP contribution in [0.25, 0.3) is 0 Å². The van der Waals surface area contributed by atoms with Crippen LogP contribution in [0.2, 0.25) is 0 Å². The van der Waals surface area contributed by atoms with E-state index in [1.165, 1.54) is 0 Å². The average Bonchev–Trinajstić information content (AvgIpc) is 2.45. The molecule has 0 saturated carbocycles. The first-order valence-corrected chi connectivity index (χ1v) is 4.95. The van der Waals surface area contributed by atoms with Gasteiger partial charge in [0.1, 0.15) is 5.69 Å². The lowest BCUT2D eigenvalue weighted by Crippen LogP contribution is -2.04. The van der Waals surface area contributed by atoms with Crippen molar-refractivity contribution in [1.82, 2.24) is 9.78 Å². The highest BCUT2D eigenvalue weighted by Gasteiger charge is 2.06. The van der Waals surface area contributed by atoms with Gasteiger partial charge >= 0.3 is 0 Å². The molecule has 0 atom stereocenters. The Hall–Kier alpha value is -0.900. The van der Waals surface area contributed by atoms with Crippen molar-refractivity contribution in [3.63, 3.8) is 0 Å². The van der Waals surface area contributed by atoms with Gasteiger partial charge < -0.3 is 10.1 Å². The van der Waals surface area contributed by atoms with E-state index in [1.807, 2.05) is 13.2 Å². The fourth-order valence-electron chi connectivity index (χ4n) is 1.24. The van der Waals surface area contributed by atoms with Crippen molar-refractivity contribution < 1.29 is 4.74 Å². The van der Waals surface area contributed by atoms with Gasteiger partial charge in [-0.2, -0.15) is 0 Å². The minimum atomic E-state index is 0. The molecule has 0 aliphatic heterocycles. The smallest absolute Gasteiger partial charge is 0.256 e. The number of halogens is 1. The van der Waals surface area contributed by atoms with Crippen LogP contribution in [-0.4, -0.2) is 23.4 Å². The van der Waals surface area contributed by atoms with Crippen LogP contribution < -0.4 is 10.1 Å². The summed E-state index contributed by atoms with van der Waals surface area (Å²) >= 11 is 0. The molecular weight excluding hydrogens is 214 g/mol. The number of hydrogen-bond donors (Lipinski definition) is 1. The number of rotatable bonds is 5. The van der Waals surface area contributed by atoms with Crippen molar-refractivity contribution in [2.75, 3.05) is 19.0 Å². The minimum Gasteiger partial charge on any atom is -0.478 e. The largest absolute Gasteiger partial charge is 0.478 e. The molecule has 0 amide bonds. The van der Waals surface area contributed by atoms with Crippen LogP contribution in [0.5, 0.6) is 5.88 Å². The zero-order valence-electron chi connectivity index (χ0n) is 9.78. The predicted octanol–water partition coefficient (Wildman–Crippen LogP) is 2.31. The van der Waals surface area contributed by atoms with E-state index in [1.54, 1.807) is 11.8 Å². The van der Waals surface area contributed by atoms with E-state index in [9.17, 15) is 0 Å². The lowest BCUT2D eigenvalue weighted by Gasteiger charge is -2.06. The molecule has 0 unspecified atom stereocenters. The van der Waals surface area contributed by atoms with Gasteiger partial charge in [-0.15, -0.1) is 17.5 Å². The highest BCUT2D eigenvalue weighted by Crippen LogP contribution is 2.20. The fraction of sp³-hybridized carbons (Fsp3) is 0.700. The Morgan fingerprint density at radius 3 is 2.73 bits per heavy atom. The second-order valence-corrected chi connectivity index (χ2v) is 3.84. The Kier molecular flexibility index (Phi) is 6.17. The molecule has 1 aromatic heterocycles. The van der Waals surface area contributed by atoms with Crippen molar-refractivity contribution >= 4 is 18.1 Å². The van der Waals surface area contributed by atoms with Crippen molar-refractivity contribution in [2.24, 2.45) is 13.0 Å². The fourth-order valence-corrected chi connectivity index (χ4v) is 1.24. The molecule has 0 bridgehead atoms. The molecule has 5 heteroatoms. The van der Waals surface area contributed by atoms with Gasteiger partial charge in [0.05, 0.1) is 13.3 Å². The SMILES string of the molecule is COc1nn(C)cc1NCCC(C)C.Cl. The Morgan fingerprint density at radius 1 is 1.53 bits per heavy atom. The summed E-state index contributed by atoms with van der Waals surface area (Å²) in [7, 11) is 3.52. The van der Waals surface area contributed by atoms with Crippen LogP contribution in [0.4, 0.5) is 5.69 Å². The van der Waals surface area contributed by atoms with Gasteiger partial charge in [-0.05, 0) is 12.3 Å². The van der Waals surface area contributed by atoms with Gasteiger partial charge in [0, 0.05) is 13.6 Å². The number of hydrogen-bond acceptors (Lipinski definition) is 3. The predicted molar refractivity (Wildman–Crippen MR) is 65.0 cm³/mol. The van der Waals surface area contributed by atoms with Crippen LogP contribution in [0.15, 0.2) is 6.20 Å². The Balaban J connectivity index is 0.00000196. The number of ether oxygens (including phenoxy) is 1. The number of nitrogens with zero attached hydrogens (tertiary/aromatic N) is 2. The van der Waals surface area contributed by atoms with E-state index in [-0.39, 0.29) is 12.4 Å². The summed E-state index contributed by atoms with van der Waals surface area (Å²) < 4.78 is 6.88. The Bertz CT molecular complexity index is 286. The number of methoxy groups -OCH3 is 1. The normalized spacial score (nSPS) is 9.93. The first kappa shape index (κ1) is 14.1. The van der Waals surface area contributed by atoms with Crippen molar-refractivity contribution in [3.8, 4) is 5.88 Å². The van der Waals surface area contributed by atoms with Crippen molar-refractivity contribution in [1.29, 1.82) is 0 Å². The van der Waals surface area contributed by atoms with Gasteiger partial charge in [-0.25, -0.2) is 0 Å². The molecule has 0 radical (unpaired) electrons. The molecule has 1 N–H and O–H groups in total. The van der Waals surface area contributed by atoms with Gasteiger partial charge in [0.25, 0.3) is 5.88 Å². The maximum absolute atomic E-state index is 5.13. The molecule has 0 fully saturated rings. The number of aryl methyl sites for hydroxylation is 1. The molecule has 0 aliphatic carbocycles. The van der Waals surface area contributed by atoms with Gasteiger partial charge in [0.15, 0.2) is 0 Å². The van der Waals surface area contributed by atoms with E-state index in [4.69, 9.17) is 4.74 Å². The van der Waals surface area contributed by atoms with E-state index in [0.29, 0.717) is 11.8 Å². The minimum absolute atomic E-state index is 0. The molecule has 1 rings (SSSR count). The molecule has 15 heavy (non-hydrogen) atoms. The number of nitrogens with one attached hydrogen (secondary N) is 1. The Morgan fingerprint density at radius 2 is 2.20 bits per heavy atom. The van der Waals surface area contributed by atoms with Gasteiger partial charge in [-0.3, -0.25) is 4.68 Å². The monoisotopic (exact) mass is 233 g/mol. The maximum Gasteiger partial charge on any atom is 0.256 e.